The topological polar surface area (TPSA) is 50.2 Å². The third kappa shape index (κ3) is 3.68. The molecule has 31 heavy (non-hydrogen) atoms. The van der Waals surface area contributed by atoms with Gasteiger partial charge < -0.3 is 10.2 Å². The average Bonchev–Trinajstić information content (AvgIpc) is 3.41. The van der Waals surface area contributed by atoms with Gasteiger partial charge in [-0.1, -0.05) is 54.6 Å². The van der Waals surface area contributed by atoms with Gasteiger partial charge in [-0.2, -0.15) is 5.10 Å². The van der Waals surface area contributed by atoms with Gasteiger partial charge in [-0.25, -0.2) is 13.9 Å². The monoisotopic (exact) mass is 412 g/mol. The third-order valence-corrected chi connectivity index (χ3v) is 5.50. The van der Waals surface area contributed by atoms with E-state index in [1.54, 1.807) is 34.0 Å². The van der Waals surface area contributed by atoms with E-state index in [1.807, 2.05) is 42.5 Å². The molecule has 5 rings (SSSR count). The number of carbonyl (C=O) groups excluding carboxylic acids is 1. The smallest absolute Gasteiger partial charge is 0.317 e. The van der Waals surface area contributed by atoms with Gasteiger partial charge in [0.25, 0.3) is 0 Å². The van der Waals surface area contributed by atoms with Crippen molar-refractivity contribution < 1.29 is 9.18 Å². The Kier molecular flexibility index (Phi) is 4.96. The summed E-state index contributed by atoms with van der Waals surface area (Å²) in [6, 6.07) is 24.7. The first-order valence-corrected chi connectivity index (χ1v) is 10.2. The lowest BCUT2D eigenvalue weighted by Gasteiger charge is -2.16. The number of aromatic nitrogens is 2. The van der Waals surface area contributed by atoms with Crippen LogP contribution in [-0.4, -0.2) is 33.8 Å². The molecule has 5 nitrogen and oxygen atoms in total. The van der Waals surface area contributed by atoms with Crippen molar-refractivity contribution in [2.75, 3.05) is 13.1 Å². The predicted molar refractivity (Wildman–Crippen MR) is 118 cm³/mol. The van der Waals surface area contributed by atoms with Gasteiger partial charge in [0.05, 0.1) is 24.1 Å². The van der Waals surface area contributed by atoms with E-state index in [2.05, 4.69) is 22.5 Å². The number of nitrogens with one attached hydrogen (secondary N) is 1. The maximum absolute atomic E-state index is 14.8. The molecule has 1 aliphatic rings. The van der Waals surface area contributed by atoms with Crippen LogP contribution in [0.4, 0.5) is 9.18 Å². The van der Waals surface area contributed by atoms with Gasteiger partial charge in [-0.15, -0.1) is 0 Å². The lowest BCUT2D eigenvalue weighted by Crippen LogP contribution is -2.27. The molecule has 1 aliphatic heterocycles. The lowest BCUT2D eigenvalue weighted by molar-refractivity contribution is 0.215. The molecule has 6 heteroatoms. The Balaban J connectivity index is 1.57. The zero-order valence-corrected chi connectivity index (χ0v) is 16.8. The van der Waals surface area contributed by atoms with Gasteiger partial charge in [0.1, 0.15) is 5.82 Å². The van der Waals surface area contributed by atoms with E-state index in [4.69, 9.17) is 0 Å². The Morgan fingerprint density at radius 1 is 0.903 bits per heavy atom. The second kappa shape index (κ2) is 8.07. The van der Waals surface area contributed by atoms with Crippen LogP contribution < -0.4 is 5.32 Å². The fraction of sp³-hybridized carbons (Fsp3) is 0.120. The van der Waals surface area contributed by atoms with Crippen LogP contribution in [0.1, 0.15) is 5.56 Å². The molecule has 0 unspecified atom stereocenters. The second-order valence-corrected chi connectivity index (χ2v) is 7.48. The van der Waals surface area contributed by atoms with E-state index in [-0.39, 0.29) is 11.8 Å². The summed E-state index contributed by atoms with van der Waals surface area (Å²) in [6.07, 6.45) is 1.72. The van der Waals surface area contributed by atoms with Crippen LogP contribution in [-0.2, 0) is 6.54 Å². The summed E-state index contributed by atoms with van der Waals surface area (Å²) in [4.78, 5) is 13.8. The number of hydrogen-bond donors (Lipinski definition) is 1. The van der Waals surface area contributed by atoms with E-state index < -0.39 is 0 Å². The zero-order valence-electron chi connectivity index (χ0n) is 16.8. The van der Waals surface area contributed by atoms with Gasteiger partial charge in [0.15, 0.2) is 0 Å². The highest BCUT2D eigenvalue weighted by Gasteiger charge is 2.24. The quantitative estimate of drug-likeness (QED) is 0.508. The number of carbonyl (C=O) groups is 1. The fourth-order valence-electron chi connectivity index (χ4n) is 3.93. The van der Waals surface area contributed by atoms with Crippen LogP contribution in [0.5, 0.6) is 0 Å². The molecule has 0 atom stereocenters. The number of nitrogens with zero attached hydrogens (tertiary/aromatic N) is 3. The fourth-order valence-corrected chi connectivity index (χ4v) is 3.93. The van der Waals surface area contributed by atoms with Crippen molar-refractivity contribution in [2.45, 2.75) is 6.54 Å². The predicted octanol–water partition coefficient (Wildman–Crippen LogP) is 4.87. The second-order valence-electron chi connectivity index (χ2n) is 7.48. The minimum atomic E-state index is -0.322. The lowest BCUT2D eigenvalue weighted by atomic mass is 10.0. The van der Waals surface area contributed by atoms with Crippen molar-refractivity contribution in [2.24, 2.45) is 0 Å². The summed E-state index contributed by atoms with van der Waals surface area (Å²) in [6.45, 7) is 1.60. The molecule has 0 radical (unpaired) electrons. The Morgan fingerprint density at radius 2 is 1.61 bits per heavy atom. The number of hydrogen-bond acceptors (Lipinski definition) is 2. The Labute approximate surface area is 179 Å². The summed E-state index contributed by atoms with van der Waals surface area (Å²) in [7, 11) is 0. The Bertz CT molecular complexity index is 1220. The van der Waals surface area contributed by atoms with E-state index in [9.17, 15) is 9.18 Å². The van der Waals surface area contributed by atoms with E-state index in [0.29, 0.717) is 30.9 Å². The molecule has 1 saturated heterocycles. The summed E-state index contributed by atoms with van der Waals surface area (Å²) in [5, 5.41) is 7.37. The van der Waals surface area contributed by atoms with Gasteiger partial charge in [-0.05, 0) is 35.4 Å². The number of benzene rings is 3. The molecule has 0 spiro atoms. The molecule has 0 saturated carbocycles. The molecule has 154 valence electrons. The van der Waals surface area contributed by atoms with Crippen molar-refractivity contribution in [3.63, 3.8) is 0 Å². The molecule has 0 bridgehead atoms. The van der Waals surface area contributed by atoms with E-state index in [0.717, 1.165) is 22.4 Å². The van der Waals surface area contributed by atoms with Crippen molar-refractivity contribution >= 4 is 6.03 Å². The van der Waals surface area contributed by atoms with Crippen molar-refractivity contribution in [1.82, 2.24) is 20.0 Å². The molecular formula is C25H21FN4O. The molecule has 1 fully saturated rings. The van der Waals surface area contributed by atoms with Crippen LogP contribution in [0.2, 0.25) is 0 Å². The molecular weight excluding hydrogens is 391 g/mol. The first kappa shape index (κ1) is 19.1. The molecule has 1 N–H and O–H groups in total. The maximum atomic E-state index is 14.8. The minimum Gasteiger partial charge on any atom is -0.336 e. The molecule has 2 heterocycles. The minimum absolute atomic E-state index is 0.112. The molecule has 2 amide bonds. The highest BCUT2D eigenvalue weighted by atomic mass is 19.1. The molecule has 4 aromatic rings. The summed E-state index contributed by atoms with van der Waals surface area (Å²) >= 11 is 0. The molecule has 0 aliphatic carbocycles. The van der Waals surface area contributed by atoms with E-state index >= 15 is 0 Å². The number of amides is 2. The largest absolute Gasteiger partial charge is 0.336 e. The van der Waals surface area contributed by atoms with Gasteiger partial charge in [-0.3, -0.25) is 0 Å². The van der Waals surface area contributed by atoms with Crippen LogP contribution in [0, 0.1) is 5.82 Å². The number of rotatable bonds is 5. The van der Waals surface area contributed by atoms with Crippen molar-refractivity contribution in [1.29, 1.82) is 0 Å². The molecule has 1 aromatic heterocycles. The Morgan fingerprint density at radius 3 is 2.32 bits per heavy atom. The van der Waals surface area contributed by atoms with Crippen LogP contribution in [0.3, 0.4) is 0 Å². The number of urea groups is 1. The van der Waals surface area contributed by atoms with Gasteiger partial charge >= 0.3 is 6.03 Å². The van der Waals surface area contributed by atoms with Crippen LogP contribution in [0.15, 0.2) is 85.1 Å². The van der Waals surface area contributed by atoms with Crippen molar-refractivity contribution in [3.8, 4) is 28.1 Å². The van der Waals surface area contributed by atoms with E-state index in [1.165, 1.54) is 6.07 Å². The van der Waals surface area contributed by atoms with Crippen LogP contribution in [0.25, 0.3) is 28.1 Å². The summed E-state index contributed by atoms with van der Waals surface area (Å²) < 4.78 is 16.5. The third-order valence-electron chi connectivity index (χ3n) is 5.50. The first-order chi connectivity index (χ1) is 15.2. The number of halogens is 1. The first-order valence-electron chi connectivity index (χ1n) is 10.2. The maximum Gasteiger partial charge on any atom is 0.317 e. The van der Waals surface area contributed by atoms with Gasteiger partial charge in [0.2, 0.25) is 0 Å². The van der Waals surface area contributed by atoms with Crippen LogP contribution >= 0.6 is 0 Å². The Hall–Kier alpha value is -3.93. The van der Waals surface area contributed by atoms with Crippen molar-refractivity contribution in [3.05, 3.63) is 96.4 Å². The van der Waals surface area contributed by atoms with Gasteiger partial charge in [0, 0.05) is 24.2 Å². The SMILES string of the molecule is O=C1NCCN1Cc1cnn(-c2ccc(-c3ccccc3)cc2)c1-c1ccccc1F. The standard InChI is InChI=1S/C25H21FN4O/c26-23-9-5-4-8-22(23)24-20(17-29-15-14-27-25(29)31)16-28-30(24)21-12-10-19(11-13-21)18-6-2-1-3-7-18/h1-13,16H,14-15,17H2,(H,27,31). The highest BCUT2D eigenvalue weighted by molar-refractivity contribution is 5.77. The molecule has 3 aromatic carbocycles. The highest BCUT2D eigenvalue weighted by Crippen LogP contribution is 2.31. The average molecular weight is 412 g/mol. The summed E-state index contributed by atoms with van der Waals surface area (Å²) in [5.41, 5.74) is 4.97. The summed E-state index contributed by atoms with van der Waals surface area (Å²) in [5.74, 6) is -0.322. The normalized spacial score (nSPS) is 13.5. The zero-order chi connectivity index (χ0) is 21.2.